The molecule has 1 amide bonds. The van der Waals surface area contributed by atoms with E-state index in [1.807, 2.05) is 0 Å². The van der Waals surface area contributed by atoms with Crippen molar-refractivity contribution in [2.75, 3.05) is 38.5 Å². The number of amides is 1. The van der Waals surface area contributed by atoms with Gasteiger partial charge in [-0.1, -0.05) is 6.42 Å². The van der Waals surface area contributed by atoms with Crippen LogP contribution in [0.25, 0.3) is 0 Å². The lowest BCUT2D eigenvalue weighted by molar-refractivity contribution is -0.117. The number of rotatable bonds is 5. The SMILES string of the molecule is O=C(NCCCN1CCCCC1)C1=CN2CCS(=O)(=O)N=C2C=C1. The molecule has 24 heavy (non-hydrogen) atoms. The van der Waals surface area contributed by atoms with Crippen LogP contribution in [0.5, 0.6) is 0 Å². The summed E-state index contributed by atoms with van der Waals surface area (Å²) in [5.41, 5.74) is 0.534. The summed E-state index contributed by atoms with van der Waals surface area (Å²) in [6.45, 7) is 4.34. The van der Waals surface area contributed by atoms with Crippen molar-refractivity contribution in [2.45, 2.75) is 25.7 Å². The normalized spacial score (nSPS) is 23.2. The van der Waals surface area contributed by atoms with Gasteiger partial charge in [0.05, 0.1) is 11.3 Å². The first-order valence-electron chi connectivity index (χ1n) is 8.53. The van der Waals surface area contributed by atoms with Crippen LogP contribution in [0.15, 0.2) is 28.3 Å². The molecule has 3 rings (SSSR count). The lowest BCUT2D eigenvalue weighted by Gasteiger charge is -2.27. The number of likely N-dealkylation sites (tertiary alicyclic amines) is 1. The van der Waals surface area contributed by atoms with Crippen LogP contribution in [0.3, 0.4) is 0 Å². The van der Waals surface area contributed by atoms with E-state index in [2.05, 4.69) is 14.6 Å². The number of nitrogens with one attached hydrogen (secondary N) is 1. The highest BCUT2D eigenvalue weighted by Gasteiger charge is 2.24. The van der Waals surface area contributed by atoms with E-state index >= 15 is 0 Å². The third kappa shape index (κ3) is 4.45. The molecule has 3 aliphatic heterocycles. The summed E-state index contributed by atoms with van der Waals surface area (Å²) in [6.07, 6.45) is 9.70. The van der Waals surface area contributed by atoms with Crippen molar-refractivity contribution in [1.82, 2.24) is 15.1 Å². The second kappa shape index (κ2) is 7.48. The van der Waals surface area contributed by atoms with Gasteiger partial charge >= 0.3 is 0 Å². The molecule has 132 valence electrons. The molecule has 1 N–H and O–H groups in total. The monoisotopic (exact) mass is 352 g/mol. The Morgan fingerprint density at radius 1 is 1.17 bits per heavy atom. The summed E-state index contributed by atoms with van der Waals surface area (Å²) >= 11 is 0. The molecule has 8 heteroatoms. The molecule has 0 aromatic carbocycles. The summed E-state index contributed by atoms with van der Waals surface area (Å²) in [4.78, 5) is 16.4. The van der Waals surface area contributed by atoms with Crippen LogP contribution < -0.4 is 5.32 Å². The average molecular weight is 352 g/mol. The molecule has 0 aliphatic carbocycles. The first kappa shape index (κ1) is 17.2. The minimum atomic E-state index is -3.36. The number of fused-ring (bicyclic) bond motifs is 1. The first-order valence-corrected chi connectivity index (χ1v) is 10.1. The summed E-state index contributed by atoms with van der Waals surface area (Å²) in [5, 5.41) is 2.93. The molecule has 0 saturated carbocycles. The molecule has 1 fully saturated rings. The number of sulfonamides is 1. The zero-order valence-electron chi connectivity index (χ0n) is 13.8. The Bertz CT molecular complexity index is 675. The number of nitrogens with zero attached hydrogens (tertiary/aromatic N) is 3. The lowest BCUT2D eigenvalue weighted by atomic mass is 10.1. The number of hydrogen-bond donors (Lipinski definition) is 1. The minimum absolute atomic E-state index is 0.0222. The Morgan fingerprint density at radius 3 is 2.75 bits per heavy atom. The van der Waals surface area contributed by atoms with Crippen LogP contribution in [-0.2, 0) is 14.8 Å². The minimum Gasteiger partial charge on any atom is -0.352 e. The van der Waals surface area contributed by atoms with Crippen LogP contribution in [-0.4, -0.2) is 68.4 Å². The van der Waals surface area contributed by atoms with E-state index in [-0.39, 0.29) is 11.7 Å². The fourth-order valence-electron chi connectivity index (χ4n) is 3.12. The van der Waals surface area contributed by atoms with Gasteiger partial charge in [-0.3, -0.25) is 4.79 Å². The van der Waals surface area contributed by atoms with E-state index in [0.717, 1.165) is 13.0 Å². The molecular weight excluding hydrogens is 328 g/mol. The van der Waals surface area contributed by atoms with Crippen molar-refractivity contribution in [2.24, 2.45) is 4.40 Å². The van der Waals surface area contributed by atoms with Crippen LogP contribution in [0.2, 0.25) is 0 Å². The van der Waals surface area contributed by atoms with Gasteiger partial charge in [-0.15, -0.1) is 4.40 Å². The Morgan fingerprint density at radius 2 is 1.96 bits per heavy atom. The highest BCUT2D eigenvalue weighted by molar-refractivity contribution is 7.90. The molecule has 0 spiro atoms. The number of hydrogen-bond acceptors (Lipinski definition) is 5. The Labute approximate surface area is 143 Å². The van der Waals surface area contributed by atoms with Crippen LogP contribution >= 0.6 is 0 Å². The van der Waals surface area contributed by atoms with E-state index in [0.29, 0.717) is 24.5 Å². The molecule has 0 atom stereocenters. The van der Waals surface area contributed by atoms with Gasteiger partial charge in [-0.05, 0) is 51.0 Å². The second-order valence-electron chi connectivity index (χ2n) is 6.36. The zero-order valence-corrected chi connectivity index (χ0v) is 14.6. The van der Waals surface area contributed by atoms with E-state index < -0.39 is 10.0 Å². The molecule has 0 radical (unpaired) electrons. The predicted octanol–water partition coefficient (Wildman–Crippen LogP) is 0.476. The molecule has 0 unspecified atom stereocenters. The number of carbonyl (C=O) groups excluding carboxylic acids is 1. The maximum absolute atomic E-state index is 12.2. The number of amidine groups is 1. The van der Waals surface area contributed by atoms with Gasteiger partial charge in [0.2, 0.25) is 0 Å². The highest BCUT2D eigenvalue weighted by Crippen LogP contribution is 2.15. The maximum Gasteiger partial charge on any atom is 0.256 e. The van der Waals surface area contributed by atoms with E-state index in [1.165, 1.54) is 32.4 Å². The Hall–Kier alpha value is -1.67. The van der Waals surface area contributed by atoms with Crippen LogP contribution in [0, 0.1) is 0 Å². The van der Waals surface area contributed by atoms with Gasteiger partial charge in [-0.25, -0.2) is 8.42 Å². The summed E-state index contributed by atoms with van der Waals surface area (Å²) < 4.78 is 26.7. The third-order valence-corrected chi connectivity index (χ3v) is 5.64. The van der Waals surface area contributed by atoms with Gasteiger partial charge in [0.1, 0.15) is 5.84 Å². The molecule has 0 aromatic heterocycles. The number of carbonyl (C=O) groups is 1. The molecule has 3 heterocycles. The zero-order chi connectivity index (χ0) is 17.0. The van der Waals surface area contributed by atoms with E-state index in [1.54, 1.807) is 23.3 Å². The van der Waals surface area contributed by atoms with Gasteiger partial charge in [0.25, 0.3) is 15.9 Å². The van der Waals surface area contributed by atoms with Crippen LogP contribution in [0.1, 0.15) is 25.7 Å². The second-order valence-corrected chi connectivity index (χ2v) is 8.11. The maximum atomic E-state index is 12.2. The Kier molecular flexibility index (Phi) is 5.35. The molecule has 0 aromatic rings. The quantitative estimate of drug-likeness (QED) is 0.728. The molecule has 3 aliphatic rings. The Balaban J connectivity index is 1.46. The van der Waals surface area contributed by atoms with Crippen molar-refractivity contribution in [1.29, 1.82) is 0 Å². The van der Waals surface area contributed by atoms with Gasteiger partial charge < -0.3 is 15.1 Å². The third-order valence-electron chi connectivity index (χ3n) is 4.47. The molecular formula is C16H24N4O3S. The smallest absolute Gasteiger partial charge is 0.256 e. The fraction of sp³-hybridized carbons (Fsp3) is 0.625. The molecule has 1 saturated heterocycles. The standard InChI is InChI=1S/C16H24N4O3S/c21-16(17-7-4-10-19-8-2-1-3-9-19)14-5-6-15-18-24(22,23)12-11-20(15)13-14/h5-6,13H,1-4,7-12H2,(H,17,21). The summed E-state index contributed by atoms with van der Waals surface area (Å²) in [7, 11) is -3.36. The molecule has 0 bridgehead atoms. The van der Waals surface area contributed by atoms with Crippen molar-refractivity contribution < 1.29 is 13.2 Å². The van der Waals surface area contributed by atoms with Gasteiger partial charge in [0, 0.05) is 19.3 Å². The van der Waals surface area contributed by atoms with Crippen molar-refractivity contribution in [3.63, 3.8) is 0 Å². The van der Waals surface area contributed by atoms with Gasteiger partial charge in [0.15, 0.2) is 0 Å². The predicted molar refractivity (Wildman–Crippen MR) is 93.1 cm³/mol. The lowest BCUT2D eigenvalue weighted by Crippen LogP contribution is -2.38. The largest absolute Gasteiger partial charge is 0.352 e. The van der Waals surface area contributed by atoms with E-state index in [4.69, 9.17) is 0 Å². The van der Waals surface area contributed by atoms with Crippen molar-refractivity contribution in [3.8, 4) is 0 Å². The topological polar surface area (TPSA) is 82.1 Å². The van der Waals surface area contributed by atoms with Crippen molar-refractivity contribution >= 4 is 21.8 Å². The fourth-order valence-corrected chi connectivity index (χ4v) is 4.09. The summed E-state index contributed by atoms with van der Waals surface area (Å²) in [5.74, 6) is 0.228. The van der Waals surface area contributed by atoms with Gasteiger partial charge in [-0.2, -0.15) is 0 Å². The molecule has 7 nitrogen and oxygen atoms in total. The number of piperidine rings is 1. The van der Waals surface area contributed by atoms with Crippen LogP contribution in [0.4, 0.5) is 0 Å². The first-order chi connectivity index (χ1) is 11.5. The highest BCUT2D eigenvalue weighted by atomic mass is 32.2. The summed E-state index contributed by atoms with van der Waals surface area (Å²) in [6, 6.07) is 0. The van der Waals surface area contributed by atoms with Crippen molar-refractivity contribution in [3.05, 3.63) is 23.9 Å². The average Bonchev–Trinajstić information content (AvgIpc) is 2.58. The van der Waals surface area contributed by atoms with E-state index in [9.17, 15) is 13.2 Å².